The maximum atomic E-state index is 6.44. The van der Waals surface area contributed by atoms with Crippen LogP contribution in [-0.4, -0.2) is 10.7 Å². The molecule has 0 saturated carbocycles. The van der Waals surface area contributed by atoms with E-state index in [0.717, 1.165) is 33.7 Å². The first-order chi connectivity index (χ1) is 18.6. The summed E-state index contributed by atoms with van der Waals surface area (Å²) < 4.78 is 6.37. The summed E-state index contributed by atoms with van der Waals surface area (Å²) in [4.78, 5) is 4.53. The van der Waals surface area contributed by atoms with E-state index in [-0.39, 0.29) is 17.4 Å². The molecule has 4 heteroatoms. The molecule has 39 heavy (non-hydrogen) atoms. The van der Waals surface area contributed by atoms with Crippen LogP contribution in [0.3, 0.4) is 0 Å². The van der Waals surface area contributed by atoms with Crippen LogP contribution in [0.1, 0.15) is 71.4 Å². The molecule has 4 rings (SSSR count). The molecule has 202 valence electrons. The molecule has 0 bridgehead atoms. The van der Waals surface area contributed by atoms with Crippen molar-refractivity contribution in [2.45, 2.75) is 65.8 Å². The van der Waals surface area contributed by atoms with Crippen LogP contribution in [0.25, 0.3) is 0 Å². The number of anilines is 3. The molecule has 0 heterocycles. The van der Waals surface area contributed by atoms with E-state index >= 15 is 0 Å². The smallest absolute Gasteiger partial charge is 0.185 e. The van der Waals surface area contributed by atoms with E-state index in [1.54, 1.807) is 0 Å². The van der Waals surface area contributed by atoms with Crippen molar-refractivity contribution in [3.05, 3.63) is 114 Å². The lowest BCUT2D eigenvalue weighted by Gasteiger charge is -2.43. The molecule has 0 atom stereocenters. The van der Waals surface area contributed by atoms with Crippen LogP contribution in [0.2, 0.25) is 0 Å². The van der Waals surface area contributed by atoms with Crippen molar-refractivity contribution in [3.63, 3.8) is 0 Å². The third-order valence-electron chi connectivity index (χ3n) is 6.67. The molecular formula is C35H40N2OS. The Morgan fingerprint density at radius 3 is 1.51 bits per heavy atom. The van der Waals surface area contributed by atoms with Gasteiger partial charge in [0.15, 0.2) is 5.11 Å². The van der Waals surface area contributed by atoms with Gasteiger partial charge >= 0.3 is 0 Å². The van der Waals surface area contributed by atoms with E-state index in [0.29, 0.717) is 0 Å². The minimum absolute atomic E-state index is 0.241. The van der Waals surface area contributed by atoms with Gasteiger partial charge in [-0.15, -0.1) is 0 Å². The van der Waals surface area contributed by atoms with Gasteiger partial charge in [0.2, 0.25) is 0 Å². The highest BCUT2D eigenvalue weighted by Crippen LogP contribution is 2.44. The fraction of sp³-hybridized carbons (Fsp3) is 0.286. The standard InChI is InChI=1S/C35H40N2OS/c1-25(2)31-23-30(38-29-21-15-10-16-22-29)24-32(26(3)4)33(31)36(27-17-11-8-12-18-27)34(39)37(35(5,6)7)28-19-13-9-14-20-28/h8-26H,1-7H3. The van der Waals surface area contributed by atoms with Crippen LogP contribution >= 0.6 is 12.2 Å². The van der Waals surface area contributed by atoms with Crippen molar-refractivity contribution in [1.82, 2.24) is 0 Å². The van der Waals surface area contributed by atoms with Gasteiger partial charge in [0, 0.05) is 16.9 Å². The van der Waals surface area contributed by atoms with E-state index in [1.165, 1.54) is 11.1 Å². The van der Waals surface area contributed by atoms with E-state index < -0.39 is 0 Å². The van der Waals surface area contributed by atoms with Gasteiger partial charge in [-0.25, -0.2) is 0 Å². The molecule has 3 nitrogen and oxygen atoms in total. The fourth-order valence-electron chi connectivity index (χ4n) is 4.85. The molecular weight excluding hydrogens is 496 g/mol. The second-order valence-corrected chi connectivity index (χ2v) is 11.8. The van der Waals surface area contributed by atoms with Gasteiger partial charge in [0.25, 0.3) is 0 Å². The van der Waals surface area contributed by atoms with Crippen LogP contribution in [0.4, 0.5) is 17.1 Å². The Labute approximate surface area is 240 Å². The number of thiocarbonyl (C=S) groups is 1. The van der Waals surface area contributed by atoms with Gasteiger partial charge in [-0.05, 0) is 104 Å². The summed E-state index contributed by atoms with van der Waals surface area (Å²) in [7, 11) is 0. The second kappa shape index (κ2) is 12.0. The average molecular weight is 537 g/mol. The molecule has 0 N–H and O–H groups in total. The van der Waals surface area contributed by atoms with Crippen LogP contribution < -0.4 is 14.5 Å². The lowest BCUT2D eigenvalue weighted by atomic mass is 9.91. The van der Waals surface area contributed by atoms with Gasteiger partial charge in [0.1, 0.15) is 11.5 Å². The number of benzene rings is 4. The zero-order valence-corrected chi connectivity index (χ0v) is 25.0. The molecule has 0 radical (unpaired) electrons. The third kappa shape index (κ3) is 6.51. The number of hydrogen-bond donors (Lipinski definition) is 0. The molecule has 0 amide bonds. The summed E-state index contributed by atoms with van der Waals surface area (Å²) in [5.74, 6) is 2.15. The molecule has 0 aromatic heterocycles. The van der Waals surface area contributed by atoms with E-state index in [9.17, 15) is 0 Å². The van der Waals surface area contributed by atoms with E-state index in [4.69, 9.17) is 17.0 Å². The maximum Gasteiger partial charge on any atom is 0.185 e. The predicted octanol–water partition coefficient (Wildman–Crippen LogP) is 10.5. The Bertz CT molecular complexity index is 1350. The topological polar surface area (TPSA) is 15.7 Å². The number of ether oxygens (including phenoxy) is 1. The summed E-state index contributed by atoms with van der Waals surface area (Å²) in [5, 5.41) is 0.737. The number of rotatable bonds is 7. The molecule has 0 unspecified atom stereocenters. The second-order valence-electron chi connectivity index (χ2n) is 11.5. The van der Waals surface area contributed by atoms with Crippen LogP contribution in [0.15, 0.2) is 103 Å². The molecule has 0 spiro atoms. The number of para-hydroxylation sites is 3. The van der Waals surface area contributed by atoms with Crippen LogP contribution in [-0.2, 0) is 0 Å². The summed E-state index contributed by atoms with van der Waals surface area (Å²) in [5.41, 5.74) is 5.37. The Kier molecular flexibility index (Phi) is 8.76. The van der Waals surface area contributed by atoms with Gasteiger partial charge in [0.05, 0.1) is 5.69 Å². The number of nitrogens with zero attached hydrogens (tertiary/aromatic N) is 2. The predicted molar refractivity (Wildman–Crippen MR) is 171 cm³/mol. The SMILES string of the molecule is CC(C)c1cc(Oc2ccccc2)cc(C(C)C)c1N(C(=S)N(c1ccccc1)C(C)(C)C)c1ccccc1. The molecule has 0 fully saturated rings. The van der Waals surface area contributed by atoms with Gasteiger partial charge in [-0.1, -0.05) is 82.3 Å². The zero-order chi connectivity index (χ0) is 28.2. The lowest BCUT2D eigenvalue weighted by Crippen LogP contribution is -2.51. The van der Waals surface area contributed by atoms with Gasteiger partial charge in [-0.3, -0.25) is 4.90 Å². The van der Waals surface area contributed by atoms with Crippen LogP contribution in [0, 0.1) is 0 Å². The normalized spacial score (nSPS) is 11.5. The largest absolute Gasteiger partial charge is 0.457 e. The fourth-order valence-corrected chi connectivity index (χ4v) is 5.42. The van der Waals surface area contributed by atoms with E-state index in [1.807, 2.05) is 42.5 Å². The molecule has 0 saturated heterocycles. The minimum atomic E-state index is -0.252. The van der Waals surface area contributed by atoms with Crippen molar-refractivity contribution in [3.8, 4) is 11.5 Å². The zero-order valence-electron chi connectivity index (χ0n) is 24.2. The summed E-state index contributed by atoms with van der Waals surface area (Å²) in [6.45, 7) is 15.6. The average Bonchev–Trinajstić information content (AvgIpc) is 2.90. The van der Waals surface area contributed by atoms with Gasteiger partial charge in [-0.2, -0.15) is 0 Å². The molecule has 0 aliphatic rings. The van der Waals surface area contributed by atoms with Crippen molar-refractivity contribution in [2.24, 2.45) is 0 Å². The van der Waals surface area contributed by atoms with Crippen molar-refractivity contribution < 1.29 is 4.74 Å². The highest BCUT2D eigenvalue weighted by Gasteiger charge is 2.33. The van der Waals surface area contributed by atoms with Gasteiger partial charge < -0.3 is 9.64 Å². The monoisotopic (exact) mass is 536 g/mol. The first kappa shape index (κ1) is 28.4. The maximum absolute atomic E-state index is 6.44. The van der Waals surface area contributed by atoms with E-state index in [2.05, 4.69) is 119 Å². The van der Waals surface area contributed by atoms with Crippen molar-refractivity contribution in [1.29, 1.82) is 0 Å². The Balaban J connectivity index is 1.97. The molecule has 4 aromatic carbocycles. The summed E-state index contributed by atoms with van der Waals surface area (Å²) >= 11 is 6.44. The van der Waals surface area contributed by atoms with Crippen molar-refractivity contribution >= 4 is 34.4 Å². The molecule has 4 aromatic rings. The van der Waals surface area contributed by atoms with Crippen molar-refractivity contribution in [2.75, 3.05) is 9.80 Å². The highest BCUT2D eigenvalue weighted by atomic mass is 32.1. The minimum Gasteiger partial charge on any atom is -0.457 e. The summed E-state index contributed by atoms with van der Waals surface area (Å²) in [6, 6.07) is 35.3. The Morgan fingerprint density at radius 2 is 1.08 bits per heavy atom. The first-order valence-electron chi connectivity index (χ1n) is 13.7. The Morgan fingerprint density at radius 1 is 0.641 bits per heavy atom. The van der Waals surface area contributed by atoms with Crippen LogP contribution in [0.5, 0.6) is 11.5 Å². The molecule has 0 aliphatic carbocycles. The lowest BCUT2D eigenvalue weighted by molar-refractivity contribution is 0.480. The third-order valence-corrected chi connectivity index (χ3v) is 7.04. The molecule has 0 aliphatic heterocycles. The quantitative estimate of drug-likeness (QED) is 0.218. The Hall–Kier alpha value is -3.63. The first-order valence-corrected chi connectivity index (χ1v) is 14.1. The highest BCUT2D eigenvalue weighted by molar-refractivity contribution is 7.80. The summed E-state index contributed by atoms with van der Waals surface area (Å²) in [6.07, 6.45) is 0. The number of hydrogen-bond acceptors (Lipinski definition) is 2.